The number of ketones is 1. The molecule has 1 heterocycles. The van der Waals surface area contributed by atoms with Crippen LogP contribution >= 0.6 is 0 Å². The van der Waals surface area contributed by atoms with Gasteiger partial charge in [0.15, 0.2) is 5.78 Å². The Labute approximate surface area is 77.2 Å². The lowest BCUT2D eigenvalue weighted by molar-refractivity contribution is 0.0931. The van der Waals surface area contributed by atoms with Crippen molar-refractivity contribution >= 4 is 5.78 Å². The van der Waals surface area contributed by atoms with Crippen LogP contribution in [0, 0.1) is 5.92 Å². The Hall–Kier alpha value is -1.25. The number of carbonyl (C=O) groups is 1. The SMILES string of the molecule is O=C(CC1CCC1)c1ccncn1. The van der Waals surface area contributed by atoms with Gasteiger partial charge in [-0.15, -0.1) is 0 Å². The molecule has 1 aromatic heterocycles. The van der Waals surface area contributed by atoms with E-state index in [0.29, 0.717) is 18.0 Å². The molecule has 3 heteroatoms. The summed E-state index contributed by atoms with van der Waals surface area (Å²) in [5.74, 6) is 0.773. The molecule has 1 aliphatic rings. The van der Waals surface area contributed by atoms with Crippen molar-refractivity contribution in [2.24, 2.45) is 5.92 Å². The highest BCUT2D eigenvalue weighted by Crippen LogP contribution is 2.30. The van der Waals surface area contributed by atoms with E-state index in [1.54, 1.807) is 12.3 Å². The van der Waals surface area contributed by atoms with Crippen molar-refractivity contribution in [3.8, 4) is 0 Å². The van der Waals surface area contributed by atoms with E-state index in [1.807, 2.05) is 0 Å². The smallest absolute Gasteiger partial charge is 0.181 e. The highest BCUT2D eigenvalue weighted by Gasteiger charge is 2.21. The molecule has 1 aromatic rings. The van der Waals surface area contributed by atoms with E-state index in [1.165, 1.54) is 25.6 Å². The van der Waals surface area contributed by atoms with E-state index < -0.39 is 0 Å². The van der Waals surface area contributed by atoms with E-state index >= 15 is 0 Å². The summed E-state index contributed by atoms with van der Waals surface area (Å²) in [6.45, 7) is 0. The third-order valence-corrected chi connectivity index (χ3v) is 2.57. The lowest BCUT2D eigenvalue weighted by atomic mass is 9.81. The second-order valence-corrected chi connectivity index (χ2v) is 3.52. The first kappa shape index (κ1) is 8.35. The average Bonchev–Trinajstić information content (AvgIpc) is 2.12. The fraction of sp³-hybridized carbons (Fsp3) is 0.500. The number of rotatable bonds is 3. The van der Waals surface area contributed by atoms with E-state index in [4.69, 9.17) is 0 Å². The van der Waals surface area contributed by atoms with Gasteiger partial charge in [-0.3, -0.25) is 4.79 Å². The number of Topliss-reactive ketones (excluding diaryl/α,β-unsaturated/α-hetero) is 1. The van der Waals surface area contributed by atoms with Gasteiger partial charge in [0.1, 0.15) is 12.0 Å². The molecule has 1 fully saturated rings. The Kier molecular flexibility index (Phi) is 2.34. The second-order valence-electron chi connectivity index (χ2n) is 3.52. The molecule has 0 bridgehead atoms. The Morgan fingerprint density at radius 2 is 2.38 bits per heavy atom. The number of hydrogen-bond donors (Lipinski definition) is 0. The number of aromatic nitrogens is 2. The molecule has 0 saturated heterocycles. The Bertz CT molecular complexity index is 293. The summed E-state index contributed by atoms with van der Waals surface area (Å²) in [4.78, 5) is 19.3. The lowest BCUT2D eigenvalue weighted by Crippen LogP contribution is -2.16. The predicted molar refractivity (Wildman–Crippen MR) is 48.3 cm³/mol. The van der Waals surface area contributed by atoms with Gasteiger partial charge < -0.3 is 0 Å². The quantitative estimate of drug-likeness (QED) is 0.660. The van der Waals surface area contributed by atoms with Crippen LogP contribution in [0.5, 0.6) is 0 Å². The summed E-state index contributed by atoms with van der Waals surface area (Å²) < 4.78 is 0. The first-order valence-corrected chi connectivity index (χ1v) is 4.65. The molecule has 13 heavy (non-hydrogen) atoms. The molecular weight excluding hydrogens is 164 g/mol. The maximum absolute atomic E-state index is 11.6. The van der Waals surface area contributed by atoms with Crippen LogP contribution in [-0.4, -0.2) is 15.8 Å². The second kappa shape index (κ2) is 3.64. The molecule has 0 radical (unpaired) electrons. The average molecular weight is 176 g/mol. The van der Waals surface area contributed by atoms with Gasteiger partial charge >= 0.3 is 0 Å². The van der Waals surface area contributed by atoms with Gasteiger partial charge in [0.25, 0.3) is 0 Å². The summed E-state index contributed by atoms with van der Waals surface area (Å²) in [5, 5.41) is 0. The molecule has 3 nitrogen and oxygen atoms in total. The minimum atomic E-state index is 0.159. The van der Waals surface area contributed by atoms with E-state index in [2.05, 4.69) is 9.97 Å². The summed E-state index contributed by atoms with van der Waals surface area (Å²) in [7, 11) is 0. The monoisotopic (exact) mass is 176 g/mol. The van der Waals surface area contributed by atoms with Crippen LogP contribution in [0.3, 0.4) is 0 Å². The maximum atomic E-state index is 11.6. The number of hydrogen-bond acceptors (Lipinski definition) is 3. The lowest BCUT2D eigenvalue weighted by Gasteiger charge is -2.23. The topological polar surface area (TPSA) is 42.9 Å². The third kappa shape index (κ3) is 1.91. The molecule has 2 rings (SSSR count). The standard InChI is InChI=1S/C10H12N2O/c13-10(6-8-2-1-3-8)9-4-5-11-7-12-9/h4-5,7-8H,1-3,6H2. The van der Waals surface area contributed by atoms with Crippen molar-refractivity contribution in [1.82, 2.24) is 9.97 Å². The molecule has 0 aliphatic heterocycles. The fourth-order valence-electron chi connectivity index (χ4n) is 1.52. The van der Waals surface area contributed by atoms with Gasteiger partial charge in [0, 0.05) is 12.6 Å². The molecule has 0 aromatic carbocycles. The number of nitrogens with zero attached hydrogens (tertiary/aromatic N) is 2. The van der Waals surface area contributed by atoms with Crippen LogP contribution in [0.2, 0.25) is 0 Å². The molecule has 0 spiro atoms. The Morgan fingerprint density at radius 3 is 2.92 bits per heavy atom. The van der Waals surface area contributed by atoms with Crippen LogP contribution in [-0.2, 0) is 0 Å². The van der Waals surface area contributed by atoms with Gasteiger partial charge in [0.2, 0.25) is 0 Å². The Balaban J connectivity index is 1.97. The first-order chi connectivity index (χ1) is 6.36. The zero-order chi connectivity index (χ0) is 9.10. The minimum absolute atomic E-state index is 0.159. The highest BCUT2D eigenvalue weighted by molar-refractivity contribution is 5.94. The largest absolute Gasteiger partial charge is 0.292 e. The van der Waals surface area contributed by atoms with Crippen LogP contribution in [0.1, 0.15) is 36.2 Å². The van der Waals surface area contributed by atoms with Gasteiger partial charge in [-0.1, -0.05) is 19.3 Å². The molecule has 0 amide bonds. The van der Waals surface area contributed by atoms with Crippen LogP contribution in [0.15, 0.2) is 18.6 Å². The predicted octanol–water partition coefficient (Wildman–Crippen LogP) is 1.85. The molecule has 0 atom stereocenters. The summed E-state index contributed by atoms with van der Waals surface area (Å²) >= 11 is 0. The van der Waals surface area contributed by atoms with E-state index in [0.717, 1.165) is 0 Å². The van der Waals surface area contributed by atoms with Gasteiger partial charge in [-0.05, 0) is 12.0 Å². The van der Waals surface area contributed by atoms with Crippen LogP contribution in [0.4, 0.5) is 0 Å². The van der Waals surface area contributed by atoms with Crippen molar-refractivity contribution in [1.29, 1.82) is 0 Å². The molecule has 1 saturated carbocycles. The minimum Gasteiger partial charge on any atom is -0.292 e. The molecule has 0 unspecified atom stereocenters. The maximum Gasteiger partial charge on any atom is 0.181 e. The van der Waals surface area contributed by atoms with Gasteiger partial charge in [0.05, 0.1) is 0 Å². The summed E-state index contributed by atoms with van der Waals surface area (Å²) in [5.41, 5.74) is 0.557. The zero-order valence-electron chi connectivity index (χ0n) is 7.44. The van der Waals surface area contributed by atoms with Crippen molar-refractivity contribution in [3.05, 3.63) is 24.3 Å². The van der Waals surface area contributed by atoms with Crippen molar-refractivity contribution < 1.29 is 4.79 Å². The van der Waals surface area contributed by atoms with E-state index in [-0.39, 0.29) is 5.78 Å². The molecular formula is C10H12N2O. The van der Waals surface area contributed by atoms with Gasteiger partial charge in [-0.25, -0.2) is 9.97 Å². The van der Waals surface area contributed by atoms with Crippen molar-refractivity contribution in [3.63, 3.8) is 0 Å². The van der Waals surface area contributed by atoms with Crippen molar-refractivity contribution in [2.75, 3.05) is 0 Å². The summed E-state index contributed by atoms with van der Waals surface area (Å²) in [6.07, 6.45) is 7.39. The normalized spacial score (nSPS) is 16.6. The third-order valence-electron chi connectivity index (χ3n) is 2.57. The Morgan fingerprint density at radius 1 is 1.54 bits per heavy atom. The summed E-state index contributed by atoms with van der Waals surface area (Å²) in [6, 6.07) is 1.68. The van der Waals surface area contributed by atoms with E-state index in [9.17, 15) is 4.79 Å². The highest BCUT2D eigenvalue weighted by atomic mass is 16.1. The van der Waals surface area contributed by atoms with Crippen LogP contribution in [0.25, 0.3) is 0 Å². The number of carbonyl (C=O) groups excluding carboxylic acids is 1. The zero-order valence-corrected chi connectivity index (χ0v) is 7.44. The molecule has 68 valence electrons. The van der Waals surface area contributed by atoms with Gasteiger partial charge in [-0.2, -0.15) is 0 Å². The molecule has 0 N–H and O–H groups in total. The van der Waals surface area contributed by atoms with Crippen molar-refractivity contribution in [2.45, 2.75) is 25.7 Å². The first-order valence-electron chi connectivity index (χ1n) is 4.65. The molecule has 1 aliphatic carbocycles. The fourth-order valence-corrected chi connectivity index (χ4v) is 1.52. The van der Waals surface area contributed by atoms with Crippen LogP contribution < -0.4 is 0 Å².